The SMILES string of the molecule is COc1ccc(CNCC2CCCOC2)c(OC)c1. The maximum absolute atomic E-state index is 5.48. The zero-order chi connectivity index (χ0) is 13.5. The molecule has 1 heterocycles. The molecule has 1 saturated heterocycles. The van der Waals surface area contributed by atoms with E-state index in [2.05, 4.69) is 5.32 Å². The van der Waals surface area contributed by atoms with Crippen molar-refractivity contribution in [3.63, 3.8) is 0 Å². The molecule has 1 N–H and O–H groups in total. The highest BCUT2D eigenvalue weighted by Crippen LogP contribution is 2.24. The Hall–Kier alpha value is -1.26. The minimum Gasteiger partial charge on any atom is -0.497 e. The Labute approximate surface area is 115 Å². The van der Waals surface area contributed by atoms with E-state index in [1.54, 1.807) is 14.2 Å². The zero-order valence-electron chi connectivity index (χ0n) is 11.8. The van der Waals surface area contributed by atoms with Crippen molar-refractivity contribution in [2.75, 3.05) is 34.0 Å². The first-order valence-electron chi connectivity index (χ1n) is 6.83. The zero-order valence-corrected chi connectivity index (χ0v) is 11.8. The van der Waals surface area contributed by atoms with Crippen molar-refractivity contribution < 1.29 is 14.2 Å². The molecule has 4 nitrogen and oxygen atoms in total. The molecule has 2 rings (SSSR count). The predicted octanol–water partition coefficient (Wildman–Crippen LogP) is 2.22. The van der Waals surface area contributed by atoms with Crippen LogP contribution >= 0.6 is 0 Å². The third-order valence-corrected chi connectivity index (χ3v) is 3.50. The molecule has 0 amide bonds. The lowest BCUT2D eigenvalue weighted by Gasteiger charge is -2.22. The average molecular weight is 265 g/mol. The molecular weight excluding hydrogens is 242 g/mol. The first-order valence-corrected chi connectivity index (χ1v) is 6.83. The molecule has 1 aliphatic rings. The molecule has 0 bridgehead atoms. The van der Waals surface area contributed by atoms with E-state index in [4.69, 9.17) is 14.2 Å². The second kappa shape index (κ2) is 7.36. The molecule has 1 fully saturated rings. The third kappa shape index (κ3) is 4.11. The van der Waals surface area contributed by atoms with Crippen LogP contribution in [0.5, 0.6) is 11.5 Å². The maximum Gasteiger partial charge on any atom is 0.127 e. The van der Waals surface area contributed by atoms with Crippen molar-refractivity contribution >= 4 is 0 Å². The third-order valence-electron chi connectivity index (χ3n) is 3.50. The van der Waals surface area contributed by atoms with Gasteiger partial charge in [-0.3, -0.25) is 0 Å². The van der Waals surface area contributed by atoms with Crippen molar-refractivity contribution in [2.45, 2.75) is 19.4 Å². The fourth-order valence-electron chi connectivity index (χ4n) is 2.38. The summed E-state index contributed by atoms with van der Waals surface area (Å²) in [5.74, 6) is 2.33. The van der Waals surface area contributed by atoms with E-state index in [0.29, 0.717) is 5.92 Å². The van der Waals surface area contributed by atoms with Gasteiger partial charge in [0.2, 0.25) is 0 Å². The summed E-state index contributed by atoms with van der Waals surface area (Å²) in [5, 5.41) is 3.48. The summed E-state index contributed by atoms with van der Waals surface area (Å²) in [4.78, 5) is 0. The van der Waals surface area contributed by atoms with Crippen molar-refractivity contribution in [1.29, 1.82) is 0 Å². The minimum absolute atomic E-state index is 0.637. The molecule has 1 aromatic carbocycles. The van der Waals surface area contributed by atoms with E-state index >= 15 is 0 Å². The van der Waals surface area contributed by atoms with Gasteiger partial charge in [0.25, 0.3) is 0 Å². The Bertz CT molecular complexity index is 389. The lowest BCUT2D eigenvalue weighted by Crippen LogP contribution is -2.28. The van der Waals surface area contributed by atoms with Gasteiger partial charge in [0.05, 0.1) is 20.8 Å². The van der Waals surface area contributed by atoms with Crippen LogP contribution in [0.25, 0.3) is 0 Å². The van der Waals surface area contributed by atoms with Gasteiger partial charge in [-0.2, -0.15) is 0 Å². The molecule has 0 spiro atoms. The van der Waals surface area contributed by atoms with Gasteiger partial charge in [0.1, 0.15) is 11.5 Å². The molecule has 0 saturated carbocycles. The first kappa shape index (κ1) is 14.2. The summed E-state index contributed by atoms with van der Waals surface area (Å²) in [6, 6.07) is 5.92. The van der Waals surface area contributed by atoms with E-state index in [-0.39, 0.29) is 0 Å². The van der Waals surface area contributed by atoms with Gasteiger partial charge < -0.3 is 19.5 Å². The van der Waals surface area contributed by atoms with E-state index in [9.17, 15) is 0 Å². The average Bonchev–Trinajstić information content (AvgIpc) is 2.48. The van der Waals surface area contributed by atoms with Gasteiger partial charge in [-0.05, 0) is 24.8 Å². The number of methoxy groups -OCH3 is 2. The molecule has 0 aromatic heterocycles. The van der Waals surface area contributed by atoms with Gasteiger partial charge in [0, 0.05) is 31.3 Å². The standard InChI is InChI=1S/C15H23NO3/c1-17-14-6-5-13(15(8-14)18-2)10-16-9-12-4-3-7-19-11-12/h5-6,8,12,16H,3-4,7,9-11H2,1-2H3. The summed E-state index contributed by atoms with van der Waals surface area (Å²) >= 11 is 0. The molecule has 0 aliphatic carbocycles. The first-order chi connectivity index (χ1) is 9.33. The van der Waals surface area contributed by atoms with E-state index in [1.807, 2.05) is 18.2 Å². The van der Waals surface area contributed by atoms with Gasteiger partial charge >= 0.3 is 0 Å². The lowest BCUT2D eigenvalue weighted by molar-refractivity contribution is 0.0547. The highest BCUT2D eigenvalue weighted by atomic mass is 16.5. The Morgan fingerprint density at radius 2 is 2.21 bits per heavy atom. The highest BCUT2D eigenvalue weighted by Gasteiger charge is 2.13. The van der Waals surface area contributed by atoms with Gasteiger partial charge in [-0.25, -0.2) is 0 Å². The Morgan fingerprint density at radius 3 is 2.89 bits per heavy atom. The topological polar surface area (TPSA) is 39.7 Å². The van der Waals surface area contributed by atoms with Crippen LogP contribution in [0.3, 0.4) is 0 Å². The van der Waals surface area contributed by atoms with Crippen LogP contribution in [0.2, 0.25) is 0 Å². The summed E-state index contributed by atoms with van der Waals surface area (Å²) < 4.78 is 16.1. The number of ether oxygens (including phenoxy) is 3. The number of benzene rings is 1. The van der Waals surface area contributed by atoms with Crippen LogP contribution in [0.15, 0.2) is 18.2 Å². The summed E-state index contributed by atoms with van der Waals surface area (Å²) in [5.41, 5.74) is 1.15. The summed E-state index contributed by atoms with van der Waals surface area (Å²) in [6.45, 7) is 3.61. The molecule has 19 heavy (non-hydrogen) atoms. The molecule has 1 aromatic rings. The Kier molecular flexibility index (Phi) is 5.48. The number of hydrogen-bond acceptors (Lipinski definition) is 4. The Balaban J connectivity index is 1.84. The van der Waals surface area contributed by atoms with E-state index in [1.165, 1.54) is 12.8 Å². The van der Waals surface area contributed by atoms with Crippen LogP contribution in [0, 0.1) is 5.92 Å². The van der Waals surface area contributed by atoms with Crippen molar-refractivity contribution in [1.82, 2.24) is 5.32 Å². The van der Waals surface area contributed by atoms with Crippen molar-refractivity contribution in [2.24, 2.45) is 5.92 Å². The van der Waals surface area contributed by atoms with E-state index < -0.39 is 0 Å². The molecule has 1 aliphatic heterocycles. The molecule has 106 valence electrons. The van der Waals surface area contributed by atoms with Gasteiger partial charge in [-0.1, -0.05) is 6.07 Å². The molecule has 1 atom stereocenters. The minimum atomic E-state index is 0.637. The normalized spacial score (nSPS) is 19.2. The highest BCUT2D eigenvalue weighted by molar-refractivity contribution is 5.40. The van der Waals surface area contributed by atoms with Crippen molar-refractivity contribution in [3.05, 3.63) is 23.8 Å². The van der Waals surface area contributed by atoms with Crippen LogP contribution in [0.4, 0.5) is 0 Å². The smallest absolute Gasteiger partial charge is 0.127 e. The fourth-order valence-corrected chi connectivity index (χ4v) is 2.38. The number of hydrogen-bond donors (Lipinski definition) is 1. The second-order valence-electron chi connectivity index (χ2n) is 4.89. The molecule has 4 heteroatoms. The lowest BCUT2D eigenvalue weighted by atomic mass is 10.0. The van der Waals surface area contributed by atoms with Crippen molar-refractivity contribution in [3.8, 4) is 11.5 Å². The van der Waals surface area contributed by atoms with Gasteiger partial charge in [0.15, 0.2) is 0 Å². The second-order valence-corrected chi connectivity index (χ2v) is 4.89. The monoisotopic (exact) mass is 265 g/mol. The van der Waals surface area contributed by atoms with E-state index in [0.717, 1.165) is 43.4 Å². The van der Waals surface area contributed by atoms with Crippen LogP contribution in [-0.2, 0) is 11.3 Å². The van der Waals surface area contributed by atoms with Crippen LogP contribution in [0.1, 0.15) is 18.4 Å². The van der Waals surface area contributed by atoms with Crippen LogP contribution in [-0.4, -0.2) is 34.0 Å². The van der Waals surface area contributed by atoms with Crippen LogP contribution < -0.4 is 14.8 Å². The number of rotatable bonds is 6. The quantitative estimate of drug-likeness (QED) is 0.856. The molecule has 1 unspecified atom stereocenters. The fraction of sp³-hybridized carbons (Fsp3) is 0.600. The largest absolute Gasteiger partial charge is 0.497 e. The summed E-state index contributed by atoms with van der Waals surface area (Å²) in [6.07, 6.45) is 2.44. The Morgan fingerprint density at radius 1 is 1.32 bits per heavy atom. The molecule has 0 radical (unpaired) electrons. The maximum atomic E-state index is 5.48. The summed E-state index contributed by atoms with van der Waals surface area (Å²) in [7, 11) is 3.35. The molecular formula is C15H23NO3. The van der Waals surface area contributed by atoms with Gasteiger partial charge in [-0.15, -0.1) is 0 Å². The number of nitrogens with one attached hydrogen (secondary N) is 1. The predicted molar refractivity (Wildman–Crippen MR) is 74.8 cm³/mol.